The van der Waals surface area contributed by atoms with Crippen LogP contribution in [0.5, 0.6) is 0 Å². The van der Waals surface area contributed by atoms with Gasteiger partial charge in [-0.15, -0.1) is 11.3 Å². The number of thiophene rings is 1. The first-order valence-electron chi connectivity index (χ1n) is 3.98. The molecule has 1 amide bonds. The van der Waals surface area contributed by atoms with E-state index in [0.717, 1.165) is 9.21 Å². The predicted molar refractivity (Wildman–Crippen MR) is 56.4 cm³/mol. The summed E-state index contributed by atoms with van der Waals surface area (Å²) in [6.45, 7) is 1.89. The molecule has 13 heavy (non-hydrogen) atoms. The largest absolute Gasteiger partial charge is 0.348 e. The van der Waals surface area contributed by atoms with Gasteiger partial charge in [0.15, 0.2) is 0 Å². The third-order valence-electron chi connectivity index (χ3n) is 1.83. The number of nitrogens with zero attached hydrogens (tertiary/aromatic N) is 1. The number of carbonyl (C=O) groups excluding carboxylic acids is 1. The highest BCUT2D eigenvalue weighted by Crippen LogP contribution is 2.28. The van der Waals surface area contributed by atoms with Gasteiger partial charge < -0.3 is 4.90 Å². The first kappa shape index (κ1) is 10.5. The third-order valence-corrected chi connectivity index (χ3v) is 3.25. The SMILES string of the molecule is CC(C(=O)N(C)C)c1ccc(Cl)s1. The average molecular weight is 218 g/mol. The number of hydrogen-bond acceptors (Lipinski definition) is 2. The van der Waals surface area contributed by atoms with Crippen LogP contribution in [-0.4, -0.2) is 24.9 Å². The minimum Gasteiger partial charge on any atom is -0.348 e. The molecule has 72 valence electrons. The van der Waals surface area contributed by atoms with Crippen molar-refractivity contribution < 1.29 is 4.79 Å². The number of carbonyl (C=O) groups is 1. The molecule has 1 atom stereocenters. The second-order valence-electron chi connectivity index (χ2n) is 3.10. The van der Waals surface area contributed by atoms with Crippen molar-refractivity contribution in [1.82, 2.24) is 4.90 Å². The fourth-order valence-corrected chi connectivity index (χ4v) is 2.18. The lowest BCUT2D eigenvalue weighted by atomic mass is 10.1. The van der Waals surface area contributed by atoms with Crippen molar-refractivity contribution in [2.45, 2.75) is 12.8 Å². The van der Waals surface area contributed by atoms with E-state index in [1.54, 1.807) is 19.0 Å². The number of amides is 1. The molecule has 0 spiro atoms. The molecular weight excluding hydrogens is 206 g/mol. The van der Waals surface area contributed by atoms with E-state index in [2.05, 4.69) is 0 Å². The summed E-state index contributed by atoms with van der Waals surface area (Å²) in [5, 5.41) is 0. The molecule has 0 N–H and O–H groups in total. The van der Waals surface area contributed by atoms with Crippen LogP contribution >= 0.6 is 22.9 Å². The molecule has 0 bridgehead atoms. The topological polar surface area (TPSA) is 20.3 Å². The highest BCUT2D eigenvalue weighted by Gasteiger charge is 2.18. The van der Waals surface area contributed by atoms with E-state index in [9.17, 15) is 4.79 Å². The van der Waals surface area contributed by atoms with Gasteiger partial charge in [0.05, 0.1) is 10.3 Å². The van der Waals surface area contributed by atoms with Crippen LogP contribution in [0.1, 0.15) is 17.7 Å². The maximum Gasteiger partial charge on any atom is 0.230 e. The molecule has 1 unspecified atom stereocenters. The van der Waals surface area contributed by atoms with Gasteiger partial charge in [-0.05, 0) is 19.1 Å². The van der Waals surface area contributed by atoms with Crippen LogP contribution in [-0.2, 0) is 4.79 Å². The molecule has 1 heterocycles. The van der Waals surface area contributed by atoms with Crippen LogP contribution < -0.4 is 0 Å². The van der Waals surface area contributed by atoms with Gasteiger partial charge in [0, 0.05) is 19.0 Å². The van der Waals surface area contributed by atoms with Gasteiger partial charge in [-0.2, -0.15) is 0 Å². The van der Waals surface area contributed by atoms with Gasteiger partial charge >= 0.3 is 0 Å². The summed E-state index contributed by atoms with van der Waals surface area (Å²) in [6, 6.07) is 3.72. The molecule has 1 rings (SSSR count). The van der Waals surface area contributed by atoms with Gasteiger partial charge in [0.25, 0.3) is 0 Å². The fourth-order valence-electron chi connectivity index (χ4n) is 1.07. The zero-order valence-corrected chi connectivity index (χ0v) is 9.45. The predicted octanol–water partition coefficient (Wildman–Crippen LogP) is 2.59. The van der Waals surface area contributed by atoms with Gasteiger partial charge in [0.1, 0.15) is 0 Å². The minimum atomic E-state index is -0.0903. The molecular formula is C9H12ClNOS. The summed E-state index contributed by atoms with van der Waals surface area (Å²) in [6.07, 6.45) is 0. The highest BCUT2D eigenvalue weighted by molar-refractivity contribution is 7.16. The van der Waals surface area contributed by atoms with Crippen molar-refractivity contribution in [2.24, 2.45) is 0 Å². The molecule has 1 aromatic heterocycles. The molecule has 0 aliphatic rings. The Morgan fingerprint density at radius 1 is 1.54 bits per heavy atom. The number of hydrogen-bond donors (Lipinski definition) is 0. The van der Waals surface area contributed by atoms with Gasteiger partial charge in [-0.3, -0.25) is 4.79 Å². The number of rotatable bonds is 2. The van der Waals surface area contributed by atoms with E-state index in [0.29, 0.717) is 0 Å². The summed E-state index contributed by atoms with van der Waals surface area (Å²) in [7, 11) is 3.52. The summed E-state index contributed by atoms with van der Waals surface area (Å²) in [5.74, 6) is 0.0195. The summed E-state index contributed by atoms with van der Waals surface area (Å²) < 4.78 is 0.730. The fraction of sp³-hybridized carbons (Fsp3) is 0.444. The third kappa shape index (κ3) is 2.45. The van der Waals surface area contributed by atoms with E-state index < -0.39 is 0 Å². The maximum absolute atomic E-state index is 11.5. The molecule has 4 heteroatoms. The molecule has 0 aliphatic carbocycles. The maximum atomic E-state index is 11.5. The average Bonchev–Trinajstić information content (AvgIpc) is 2.49. The van der Waals surface area contributed by atoms with Crippen molar-refractivity contribution in [3.63, 3.8) is 0 Å². The Hall–Kier alpha value is -0.540. The molecule has 0 saturated heterocycles. The zero-order valence-electron chi connectivity index (χ0n) is 7.87. The van der Waals surface area contributed by atoms with Crippen molar-refractivity contribution in [3.05, 3.63) is 21.3 Å². The van der Waals surface area contributed by atoms with Crippen LogP contribution in [0.15, 0.2) is 12.1 Å². The van der Waals surface area contributed by atoms with Crippen molar-refractivity contribution in [3.8, 4) is 0 Å². The number of halogens is 1. The van der Waals surface area contributed by atoms with E-state index in [1.165, 1.54) is 11.3 Å². The summed E-state index contributed by atoms with van der Waals surface area (Å²) in [4.78, 5) is 14.2. The van der Waals surface area contributed by atoms with E-state index in [4.69, 9.17) is 11.6 Å². The van der Waals surface area contributed by atoms with Crippen LogP contribution in [0, 0.1) is 0 Å². The lowest BCUT2D eigenvalue weighted by molar-refractivity contribution is -0.129. The van der Waals surface area contributed by atoms with Crippen molar-refractivity contribution in [1.29, 1.82) is 0 Å². The standard InChI is InChI=1S/C9H12ClNOS/c1-6(9(12)11(2)3)7-4-5-8(10)13-7/h4-6H,1-3H3. The lowest BCUT2D eigenvalue weighted by Gasteiger charge is -2.15. The zero-order chi connectivity index (χ0) is 10.0. The van der Waals surface area contributed by atoms with Crippen molar-refractivity contribution >= 4 is 28.8 Å². The lowest BCUT2D eigenvalue weighted by Crippen LogP contribution is -2.26. The van der Waals surface area contributed by atoms with E-state index in [-0.39, 0.29) is 11.8 Å². The Morgan fingerprint density at radius 2 is 2.15 bits per heavy atom. The molecule has 0 saturated carbocycles. The van der Waals surface area contributed by atoms with E-state index >= 15 is 0 Å². The normalized spacial score (nSPS) is 12.6. The Bertz CT molecular complexity index is 308. The molecule has 0 radical (unpaired) electrons. The van der Waals surface area contributed by atoms with E-state index in [1.807, 2.05) is 19.1 Å². The second-order valence-corrected chi connectivity index (χ2v) is 4.84. The quantitative estimate of drug-likeness (QED) is 0.746. The minimum absolute atomic E-state index is 0.0903. The van der Waals surface area contributed by atoms with Crippen molar-refractivity contribution in [2.75, 3.05) is 14.1 Å². The molecule has 0 fully saturated rings. The Balaban J connectivity index is 2.79. The number of likely N-dealkylation sites (N-methyl/N-ethyl adjacent to an activating group) is 1. The first-order chi connectivity index (χ1) is 6.02. The highest BCUT2D eigenvalue weighted by atomic mass is 35.5. The van der Waals surface area contributed by atoms with Crippen LogP contribution in [0.4, 0.5) is 0 Å². The molecule has 0 aromatic carbocycles. The monoisotopic (exact) mass is 217 g/mol. The smallest absolute Gasteiger partial charge is 0.230 e. The van der Waals surface area contributed by atoms with Gasteiger partial charge in [0.2, 0.25) is 5.91 Å². The van der Waals surface area contributed by atoms with Crippen LogP contribution in [0.3, 0.4) is 0 Å². The van der Waals surface area contributed by atoms with Crippen LogP contribution in [0.2, 0.25) is 4.34 Å². The summed E-state index contributed by atoms with van der Waals surface area (Å²) in [5.41, 5.74) is 0. The molecule has 1 aromatic rings. The Labute approximate surface area is 87.1 Å². The van der Waals surface area contributed by atoms with Gasteiger partial charge in [-0.1, -0.05) is 11.6 Å². The molecule has 2 nitrogen and oxygen atoms in total. The van der Waals surface area contributed by atoms with Gasteiger partial charge in [-0.25, -0.2) is 0 Å². The Morgan fingerprint density at radius 3 is 2.54 bits per heavy atom. The Kier molecular flexibility index (Phi) is 3.33. The van der Waals surface area contributed by atoms with Crippen LogP contribution in [0.25, 0.3) is 0 Å². The molecule has 0 aliphatic heterocycles. The first-order valence-corrected chi connectivity index (χ1v) is 5.18. The second kappa shape index (κ2) is 4.11. The summed E-state index contributed by atoms with van der Waals surface area (Å²) >= 11 is 7.24.